The summed E-state index contributed by atoms with van der Waals surface area (Å²) in [5.41, 5.74) is 4.26. The molecule has 0 bridgehead atoms. The fourth-order valence-electron chi connectivity index (χ4n) is 1.57. The van der Waals surface area contributed by atoms with Crippen LogP contribution in [0.1, 0.15) is 11.3 Å². The van der Waals surface area contributed by atoms with Crippen LogP contribution in [0, 0.1) is 6.92 Å². The Labute approximate surface area is 117 Å². The molecule has 8 heteroatoms. The minimum absolute atomic E-state index is 0.00238. The average molecular weight is 293 g/mol. The number of sulfonamides is 1. The molecule has 0 aliphatic heterocycles. The SMILES string of the molecule is Cc1ccc(CNS(=O)(=O)c2cnccc2NN)cn1. The van der Waals surface area contributed by atoms with E-state index in [1.807, 2.05) is 19.1 Å². The maximum atomic E-state index is 12.2. The van der Waals surface area contributed by atoms with Gasteiger partial charge in [0.2, 0.25) is 10.0 Å². The third kappa shape index (κ3) is 3.29. The fourth-order valence-corrected chi connectivity index (χ4v) is 2.70. The second-order valence-corrected chi connectivity index (χ2v) is 5.88. The van der Waals surface area contributed by atoms with Crippen LogP contribution in [-0.2, 0) is 16.6 Å². The molecule has 20 heavy (non-hydrogen) atoms. The molecule has 0 aliphatic carbocycles. The molecule has 2 rings (SSSR count). The number of aryl methyl sites for hydroxylation is 1. The molecule has 2 heterocycles. The highest BCUT2D eigenvalue weighted by Gasteiger charge is 2.18. The van der Waals surface area contributed by atoms with E-state index in [4.69, 9.17) is 5.84 Å². The Kier molecular flexibility index (Phi) is 4.28. The van der Waals surface area contributed by atoms with Crippen molar-refractivity contribution in [1.29, 1.82) is 0 Å². The first kappa shape index (κ1) is 14.4. The van der Waals surface area contributed by atoms with E-state index >= 15 is 0 Å². The van der Waals surface area contributed by atoms with Gasteiger partial charge in [0.15, 0.2) is 0 Å². The highest BCUT2D eigenvalue weighted by Crippen LogP contribution is 2.18. The molecular weight excluding hydrogens is 278 g/mol. The standard InChI is InChI=1S/C12H15N5O2S/c1-9-2-3-10(6-15-9)7-16-20(18,19)12-8-14-5-4-11(12)17-13/h2-6,8,16H,7,13H2,1H3,(H,14,17). The van der Waals surface area contributed by atoms with Crippen LogP contribution >= 0.6 is 0 Å². The van der Waals surface area contributed by atoms with Crippen LogP contribution in [-0.4, -0.2) is 18.4 Å². The highest BCUT2D eigenvalue weighted by molar-refractivity contribution is 7.89. The summed E-state index contributed by atoms with van der Waals surface area (Å²) in [6.45, 7) is 2.01. The Morgan fingerprint density at radius 1 is 1.25 bits per heavy atom. The number of hydrazine groups is 1. The summed E-state index contributed by atoms with van der Waals surface area (Å²) in [6, 6.07) is 5.12. The summed E-state index contributed by atoms with van der Waals surface area (Å²) in [6.07, 6.45) is 4.33. The van der Waals surface area contributed by atoms with Gasteiger partial charge in [0.05, 0.1) is 5.69 Å². The third-order valence-corrected chi connectivity index (χ3v) is 4.10. The number of hydrogen-bond acceptors (Lipinski definition) is 6. The largest absolute Gasteiger partial charge is 0.323 e. The number of nitrogen functional groups attached to an aromatic ring is 1. The predicted molar refractivity (Wildman–Crippen MR) is 75.0 cm³/mol. The molecular formula is C12H15N5O2S. The summed E-state index contributed by atoms with van der Waals surface area (Å²) in [4.78, 5) is 7.91. The molecule has 106 valence electrons. The summed E-state index contributed by atoms with van der Waals surface area (Å²) < 4.78 is 26.9. The van der Waals surface area contributed by atoms with Crippen LogP contribution in [0.4, 0.5) is 5.69 Å². The van der Waals surface area contributed by atoms with E-state index < -0.39 is 10.0 Å². The molecule has 4 N–H and O–H groups in total. The van der Waals surface area contributed by atoms with Crippen molar-refractivity contribution in [2.45, 2.75) is 18.4 Å². The first-order valence-corrected chi connectivity index (χ1v) is 7.33. The van der Waals surface area contributed by atoms with Crippen LogP contribution in [0.5, 0.6) is 0 Å². The van der Waals surface area contributed by atoms with Gasteiger partial charge in [-0.15, -0.1) is 0 Å². The smallest absolute Gasteiger partial charge is 0.244 e. The van der Waals surface area contributed by atoms with Gasteiger partial charge < -0.3 is 5.43 Å². The Hall–Kier alpha value is -2.03. The lowest BCUT2D eigenvalue weighted by Crippen LogP contribution is -2.25. The molecule has 0 unspecified atom stereocenters. The van der Waals surface area contributed by atoms with Crippen LogP contribution in [0.3, 0.4) is 0 Å². The molecule has 2 aromatic rings. The number of pyridine rings is 2. The van der Waals surface area contributed by atoms with Gasteiger partial charge in [0.25, 0.3) is 0 Å². The molecule has 7 nitrogen and oxygen atoms in total. The number of anilines is 1. The van der Waals surface area contributed by atoms with Gasteiger partial charge in [0, 0.05) is 30.8 Å². The Morgan fingerprint density at radius 2 is 2.05 bits per heavy atom. The Balaban J connectivity index is 2.17. The van der Waals surface area contributed by atoms with E-state index in [2.05, 4.69) is 20.1 Å². The number of rotatable bonds is 5. The van der Waals surface area contributed by atoms with Gasteiger partial charge in [-0.1, -0.05) is 6.07 Å². The maximum Gasteiger partial charge on any atom is 0.244 e. The second kappa shape index (κ2) is 5.95. The normalized spacial score (nSPS) is 11.3. The van der Waals surface area contributed by atoms with Gasteiger partial charge >= 0.3 is 0 Å². The molecule has 0 radical (unpaired) electrons. The number of nitrogens with two attached hydrogens (primary N) is 1. The molecule has 0 fully saturated rings. The summed E-state index contributed by atoms with van der Waals surface area (Å²) in [5, 5.41) is 0. The molecule has 0 spiro atoms. The fraction of sp³-hybridized carbons (Fsp3) is 0.167. The Bertz CT molecular complexity index is 685. The van der Waals surface area contributed by atoms with E-state index in [1.165, 1.54) is 18.5 Å². The topological polar surface area (TPSA) is 110 Å². The summed E-state index contributed by atoms with van der Waals surface area (Å²) in [7, 11) is -3.69. The number of nitrogens with one attached hydrogen (secondary N) is 2. The lowest BCUT2D eigenvalue weighted by atomic mass is 10.2. The maximum absolute atomic E-state index is 12.2. The second-order valence-electron chi connectivity index (χ2n) is 4.15. The molecule has 0 saturated carbocycles. The van der Waals surface area contributed by atoms with Gasteiger partial charge in [-0.3, -0.25) is 15.8 Å². The predicted octanol–water partition coefficient (Wildman–Crippen LogP) is 0.549. The van der Waals surface area contributed by atoms with Crippen molar-refractivity contribution in [3.8, 4) is 0 Å². The van der Waals surface area contributed by atoms with E-state index in [9.17, 15) is 8.42 Å². The van der Waals surface area contributed by atoms with Crippen LogP contribution in [0.2, 0.25) is 0 Å². The van der Waals surface area contributed by atoms with Crippen molar-refractivity contribution < 1.29 is 8.42 Å². The van der Waals surface area contributed by atoms with Gasteiger partial charge in [-0.05, 0) is 24.6 Å². The molecule has 0 amide bonds. The minimum Gasteiger partial charge on any atom is -0.323 e. The van der Waals surface area contributed by atoms with Crippen molar-refractivity contribution in [3.63, 3.8) is 0 Å². The highest BCUT2D eigenvalue weighted by atomic mass is 32.2. The molecule has 2 aromatic heterocycles. The molecule has 0 saturated heterocycles. The zero-order valence-corrected chi connectivity index (χ0v) is 11.7. The number of nitrogens with zero attached hydrogens (tertiary/aromatic N) is 2. The lowest BCUT2D eigenvalue weighted by molar-refractivity contribution is 0.581. The zero-order valence-electron chi connectivity index (χ0n) is 10.9. The molecule has 0 aliphatic rings. The van der Waals surface area contributed by atoms with Gasteiger partial charge in [0.1, 0.15) is 4.90 Å². The van der Waals surface area contributed by atoms with E-state index in [1.54, 1.807) is 6.20 Å². The summed E-state index contributed by atoms with van der Waals surface area (Å²) >= 11 is 0. The molecule has 0 aromatic carbocycles. The van der Waals surface area contributed by atoms with Crippen LogP contribution < -0.4 is 16.0 Å². The minimum atomic E-state index is -3.69. The quantitative estimate of drug-likeness (QED) is 0.548. The first-order valence-electron chi connectivity index (χ1n) is 5.85. The van der Waals surface area contributed by atoms with Crippen LogP contribution in [0.25, 0.3) is 0 Å². The third-order valence-electron chi connectivity index (χ3n) is 2.67. The summed E-state index contributed by atoms with van der Waals surface area (Å²) in [5.74, 6) is 5.29. The number of hydrogen-bond donors (Lipinski definition) is 3. The van der Waals surface area contributed by atoms with Crippen molar-refractivity contribution in [2.75, 3.05) is 5.43 Å². The van der Waals surface area contributed by atoms with Crippen LogP contribution in [0.15, 0.2) is 41.7 Å². The van der Waals surface area contributed by atoms with E-state index in [0.717, 1.165) is 11.3 Å². The van der Waals surface area contributed by atoms with Crippen molar-refractivity contribution in [1.82, 2.24) is 14.7 Å². The Morgan fingerprint density at radius 3 is 2.70 bits per heavy atom. The number of aromatic nitrogens is 2. The van der Waals surface area contributed by atoms with Crippen molar-refractivity contribution >= 4 is 15.7 Å². The average Bonchev–Trinajstić information content (AvgIpc) is 2.46. The van der Waals surface area contributed by atoms with E-state index in [0.29, 0.717) is 0 Å². The van der Waals surface area contributed by atoms with E-state index in [-0.39, 0.29) is 17.1 Å². The first-order chi connectivity index (χ1) is 9.53. The molecule has 0 atom stereocenters. The van der Waals surface area contributed by atoms with Gasteiger partial charge in [-0.25, -0.2) is 13.1 Å². The van der Waals surface area contributed by atoms with Crippen molar-refractivity contribution in [2.24, 2.45) is 5.84 Å². The van der Waals surface area contributed by atoms with Crippen molar-refractivity contribution in [3.05, 3.63) is 48.0 Å². The lowest BCUT2D eigenvalue weighted by Gasteiger charge is -2.10. The van der Waals surface area contributed by atoms with Gasteiger partial charge in [-0.2, -0.15) is 0 Å². The zero-order chi connectivity index (χ0) is 14.6. The monoisotopic (exact) mass is 293 g/mol.